The zero-order valence-corrected chi connectivity index (χ0v) is 32.4. The first-order valence-corrected chi connectivity index (χ1v) is 18.2. The van der Waals surface area contributed by atoms with E-state index in [1.54, 1.807) is 109 Å². The van der Waals surface area contributed by atoms with Gasteiger partial charge in [-0.15, -0.1) is 0 Å². The summed E-state index contributed by atoms with van der Waals surface area (Å²) in [6.07, 6.45) is 28.4. The lowest BCUT2D eigenvalue weighted by atomic mass is 9.80. The number of oxazole rings is 2. The van der Waals surface area contributed by atoms with Gasteiger partial charge in [-0.25, -0.2) is 19.6 Å². The molecular formula is C43H50N2O10. The summed E-state index contributed by atoms with van der Waals surface area (Å²) in [6, 6.07) is 0. The number of esters is 2. The molecule has 0 aromatic carbocycles. The Bertz CT molecular complexity index is 1900. The third-order valence-corrected chi connectivity index (χ3v) is 9.22. The van der Waals surface area contributed by atoms with Gasteiger partial charge in [0.05, 0.1) is 23.4 Å². The average molecular weight is 755 g/mol. The van der Waals surface area contributed by atoms with Crippen molar-refractivity contribution in [1.82, 2.24) is 9.97 Å². The number of methoxy groups -OCH3 is 1. The number of nitrogens with zero attached hydrogens (tertiary/aromatic N) is 2. The van der Waals surface area contributed by atoms with Gasteiger partial charge in [-0.05, 0) is 53.7 Å². The molecule has 0 spiro atoms. The van der Waals surface area contributed by atoms with E-state index in [1.165, 1.54) is 24.7 Å². The minimum Gasteiger partial charge on any atom is -0.456 e. The minimum absolute atomic E-state index is 0.0221. The molecule has 5 atom stereocenters. The lowest BCUT2D eigenvalue weighted by molar-refractivity contribution is -0.129. The van der Waals surface area contributed by atoms with E-state index >= 15 is 0 Å². The molecule has 2 aromatic rings. The second-order valence-electron chi connectivity index (χ2n) is 14.0. The van der Waals surface area contributed by atoms with Gasteiger partial charge in [-0.1, -0.05) is 79.0 Å². The van der Waals surface area contributed by atoms with Crippen LogP contribution in [-0.4, -0.2) is 71.1 Å². The van der Waals surface area contributed by atoms with E-state index < -0.39 is 41.1 Å². The number of epoxide rings is 1. The number of hydrogen-bond acceptors (Lipinski definition) is 12. The molecule has 4 rings (SSSR count). The molecule has 0 amide bonds. The van der Waals surface area contributed by atoms with Gasteiger partial charge in [-0.3, -0.25) is 9.59 Å². The number of ether oxygens (including phenoxy) is 4. The van der Waals surface area contributed by atoms with Crippen molar-refractivity contribution in [1.29, 1.82) is 0 Å². The minimum atomic E-state index is -1.04. The van der Waals surface area contributed by atoms with Crippen LogP contribution in [0.4, 0.5) is 0 Å². The van der Waals surface area contributed by atoms with Crippen LogP contribution in [0.3, 0.4) is 0 Å². The number of aromatic nitrogens is 2. The quantitative estimate of drug-likeness (QED) is 0.118. The van der Waals surface area contributed by atoms with Crippen LogP contribution in [0.15, 0.2) is 113 Å². The highest BCUT2D eigenvalue weighted by molar-refractivity contribution is 5.96. The van der Waals surface area contributed by atoms with Gasteiger partial charge in [0, 0.05) is 26.0 Å². The Morgan fingerprint density at radius 3 is 1.93 bits per heavy atom. The molecule has 4 bridgehead atoms. The zero-order valence-electron chi connectivity index (χ0n) is 32.4. The van der Waals surface area contributed by atoms with Crippen LogP contribution in [0.5, 0.6) is 0 Å². The van der Waals surface area contributed by atoms with Gasteiger partial charge >= 0.3 is 11.9 Å². The fraction of sp³-hybridized carbons (Fsp3) is 0.395. The molecule has 1 saturated heterocycles. The number of allylic oxidation sites excluding steroid dienone is 10. The van der Waals surface area contributed by atoms with Gasteiger partial charge in [0.25, 0.3) is 0 Å². The molecule has 1 fully saturated rings. The highest BCUT2D eigenvalue weighted by Gasteiger charge is 2.40. The molecule has 2 aromatic heterocycles. The molecule has 292 valence electrons. The summed E-state index contributed by atoms with van der Waals surface area (Å²) < 4.78 is 34.1. The molecule has 12 heteroatoms. The van der Waals surface area contributed by atoms with Crippen LogP contribution in [0.2, 0.25) is 0 Å². The zero-order chi connectivity index (χ0) is 40.0. The van der Waals surface area contributed by atoms with E-state index in [0.29, 0.717) is 0 Å². The van der Waals surface area contributed by atoms with Gasteiger partial charge in [-0.2, -0.15) is 0 Å². The Hall–Kier alpha value is -5.46. The first kappa shape index (κ1) is 42.3. The number of ketones is 2. The maximum absolute atomic E-state index is 13.3. The molecule has 0 radical (unpaired) electrons. The number of carbonyl (C=O) groups excluding carboxylic acids is 4. The second kappa shape index (κ2) is 19.7. The number of carbonyl (C=O) groups is 4. The smallest absolute Gasteiger partial charge is 0.360 e. The molecule has 2 aliphatic heterocycles. The van der Waals surface area contributed by atoms with Crippen LogP contribution < -0.4 is 0 Å². The average Bonchev–Trinajstić information content (AvgIpc) is 3.47. The lowest BCUT2D eigenvalue weighted by Gasteiger charge is -2.30. The third-order valence-electron chi connectivity index (χ3n) is 9.22. The van der Waals surface area contributed by atoms with E-state index in [2.05, 4.69) is 9.97 Å². The first-order valence-electron chi connectivity index (χ1n) is 18.2. The number of fused-ring (bicyclic) bond motifs is 5. The predicted molar refractivity (Wildman–Crippen MR) is 206 cm³/mol. The number of rotatable bonds is 7. The van der Waals surface area contributed by atoms with Crippen molar-refractivity contribution in [3.8, 4) is 0 Å². The Balaban J connectivity index is 1.58. The summed E-state index contributed by atoms with van der Waals surface area (Å²) in [7, 11) is 1.55. The fourth-order valence-corrected chi connectivity index (χ4v) is 5.46. The van der Waals surface area contributed by atoms with Crippen molar-refractivity contribution < 1.29 is 47.0 Å². The van der Waals surface area contributed by atoms with Gasteiger partial charge in [0.1, 0.15) is 36.9 Å². The SMILES string of the molecule is C/C=C/C(=O)C(C)(C)[C@@H]1C\C=C/C=C\C=C\[C@H](OC)Cc2nc(co2)C(=O)O[C@H](C(C)(C)C(=O)/C=C/C)C/C=C\[C@H]2O[C@H]2/C=C/C=C\c2nc(co2)C(=O)O1. The van der Waals surface area contributed by atoms with Crippen molar-refractivity contribution in [2.75, 3.05) is 7.11 Å². The maximum Gasteiger partial charge on any atom is 0.360 e. The molecule has 0 saturated carbocycles. The van der Waals surface area contributed by atoms with Crippen molar-refractivity contribution in [2.45, 2.75) is 91.3 Å². The highest BCUT2D eigenvalue weighted by Crippen LogP contribution is 2.32. The molecular weight excluding hydrogens is 704 g/mol. The van der Waals surface area contributed by atoms with Gasteiger partial charge in [0.15, 0.2) is 28.8 Å². The van der Waals surface area contributed by atoms with Crippen molar-refractivity contribution in [2.24, 2.45) is 10.8 Å². The standard InChI is InChI=1S/C43H50N2O10/c1-8-18-34(46)42(3,4)36-23-14-12-10-11-13-20-29(50-7)26-39-45-31(28-52-39)41(49)55-37(43(5,6)35(47)19-9-2)24-17-22-33-32(53-33)21-15-16-25-38-44-30(27-51-38)40(48)54-36/h8-22,25,27-29,32-33,36-37H,23-24,26H2,1-7H3/b11-10-,14-12-,18-8+,19-9+,20-13+,21-15+,22-17-,25-16-/t29-,32-,33+,36-,37-/m0/s1. The normalized spacial score (nSPS) is 26.9. The van der Waals surface area contributed by atoms with Crippen molar-refractivity contribution in [3.63, 3.8) is 0 Å². The maximum atomic E-state index is 13.3. The van der Waals surface area contributed by atoms with Crippen molar-refractivity contribution >= 4 is 29.6 Å². The van der Waals surface area contributed by atoms with E-state index in [4.69, 9.17) is 27.8 Å². The van der Waals surface area contributed by atoms with Crippen LogP contribution in [-0.2, 0) is 35.0 Å². The highest BCUT2D eigenvalue weighted by atomic mass is 16.6. The van der Waals surface area contributed by atoms with Crippen molar-refractivity contribution in [3.05, 3.63) is 127 Å². The summed E-state index contributed by atoms with van der Waals surface area (Å²) in [5.41, 5.74) is -2.12. The molecule has 12 nitrogen and oxygen atoms in total. The van der Waals surface area contributed by atoms with E-state index in [0.717, 1.165) is 0 Å². The van der Waals surface area contributed by atoms with Crippen LogP contribution in [0.25, 0.3) is 6.08 Å². The van der Waals surface area contributed by atoms with Crippen LogP contribution in [0, 0.1) is 10.8 Å². The Labute approximate surface area is 322 Å². The lowest BCUT2D eigenvalue weighted by Crippen LogP contribution is -2.39. The topological polar surface area (TPSA) is 161 Å². The number of cyclic esters (lactones) is 2. The number of hydrogen-bond donors (Lipinski definition) is 0. The molecule has 2 aliphatic rings. The molecule has 0 unspecified atom stereocenters. The summed E-state index contributed by atoms with van der Waals surface area (Å²) in [5.74, 6) is -1.34. The molecule has 0 aliphatic carbocycles. The summed E-state index contributed by atoms with van der Waals surface area (Å²) in [5, 5.41) is 0. The first-order chi connectivity index (χ1) is 26.3. The summed E-state index contributed by atoms with van der Waals surface area (Å²) >= 11 is 0. The van der Waals surface area contributed by atoms with E-state index in [1.807, 2.05) is 24.3 Å². The second-order valence-corrected chi connectivity index (χ2v) is 14.0. The molecule has 55 heavy (non-hydrogen) atoms. The Kier molecular flexibility index (Phi) is 15.2. The summed E-state index contributed by atoms with van der Waals surface area (Å²) in [6.45, 7) is 10.4. The van der Waals surface area contributed by atoms with Gasteiger partial charge < -0.3 is 27.8 Å². The fourth-order valence-electron chi connectivity index (χ4n) is 5.46. The molecule has 0 N–H and O–H groups in total. The van der Waals surface area contributed by atoms with E-state index in [-0.39, 0.29) is 66.2 Å². The largest absolute Gasteiger partial charge is 0.456 e. The molecule has 4 heterocycles. The van der Waals surface area contributed by atoms with E-state index in [9.17, 15) is 19.2 Å². The van der Waals surface area contributed by atoms with Crippen LogP contribution in [0.1, 0.15) is 87.1 Å². The monoisotopic (exact) mass is 754 g/mol. The third kappa shape index (κ3) is 12.0. The Morgan fingerprint density at radius 1 is 0.727 bits per heavy atom. The Morgan fingerprint density at radius 2 is 1.29 bits per heavy atom. The van der Waals surface area contributed by atoms with Gasteiger partial charge in [0.2, 0.25) is 5.89 Å². The summed E-state index contributed by atoms with van der Waals surface area (Å²) in [4.78, 5) is 61.0. The predicted octanol–water partition coefficient (Wildman–Crippen LogP) is 7.67. The van der Waals surface area contributed by atoms with Crippen LogP contribution >= 0.6 is 0 Å².